The number of hydrogen-bond acceptors (Lipinski definition) is 5. The Morgan fingerprint density at radius 2 is 2.19 bits per heavy atom. The maximum absolute atomic E-state index is 11.9. The molecule has 0 saturated heterocycles. The first kappa shape index (κ1) is 18.0. The zero-order valence-corrected chi connectivity index (χ0v) is 13.6. The van der Waals surface area contributed by atoms with Crippen LogP contribution in [0.25, 0.3) is 0 Å². The third-order valence-corrected chi connectivity index (χ3v) is 4.00. The fourth-order valence-electron chi connectivity index (χ4n) is 2.89. The molecule has 0 heterocycles. The zero-order chi connectivity index (χ0) is 15.8. The summed E-state index contributed by atoms with van der Waals surface area (Å²) in [7, 11) is 1.43. The second-order valence-corrected chi connectivity index (χ2v) is 5.60. The van der Waals surface area contributed by atoms with Gasteiger partial charge in [0, 0.05) is 12.5 Å². The van der Waals surface area contributed by atoms with Crippen LogP contribution in [0, 0.1) is 5.92 Å². The molecule has 0 aliphatic heterocycles. The number of hydrogen-bond donors (Lipinski definition) is 2. The molecule has 0 aromatic carbocycles. The van der Waals surface area contributed by atoms with Crippen molar-refractivity contribution >= 4 is 5.97 Å². The monoisotopic (exact) mass is 299 g/mol. The highest BCUT2D eigenvalue weighted by molar-refractivity contribution is 5.72. The van der Waals surface area contributed by atoms with E-state index in [-0.39, 0.29) is 24.0 Å². The number of esters is 1. The molecule has 1 aliphatic carbocycles. The summed E-state index contributed by atoms with van der Waals surface area (Å²) in [5.41, 5.74) is 0. The fourth-order valence-corrected chi connectivity index (χ4v) is 2.89. The molecular weight excluding hydrogens is 270 g/mol. The van der Waals surface area contributed by atoms with Gasteiger partial charge >= 0.3 is 5.97 Å². The molecule has 1 rings (SSSR count). The molecule has 122 valence electrons. The summed E-state index contributed by atoms with van der Waals surface area (Å²) in [5.74, 6) is 0.624. The maximum atomic E-state index is 11.9. The van der Waals surface area contributed by atoms with E-state index in [2.05, 4.69) is 5.32 Å². The van der Waals surface area contributed by atoms with Crippen LogP contribution in [0.15, 0.2) is 11.8 Å². The van der Waals surface area contributed by atoms with Crippen LogP contribution in [-0.2, 0) is 14.3 Å². The molecule has 5 heteroatoms. The molecule has 3 unspecified atom stereocenters. The second-order valence-electron chi connectivity index (χ2n) is 5.60. The van der Waals surface area contributed by atoms with Crippen LogP contribution < -0.4 is 5.32 Å². The normalized spacial score (nSPS) is 28.6. The molecular formula is C16H29NO4. The van der Waals surface area contributed by atoms with Gasteiger partial charge in [-0.25, -0.2) is 0 Å². The van der Waals surface area contributed by atoms with Crippen LogP contribution in [0.5, 0.6) is 0 Å². The Kier molecular flexibility index (Phi) is 7.75. The van der Waals surface area contributed by atoms with E-state index < -0.39 is 6.23 Å². The largest absolute Gasteiger partial charge is 0.493 e. The molecule has 2 N–H and O–H groups in total. The van der Waals surface area contributed by atoms with Crippen LogP contribution in [0.3, 0.4) is 0 Å². The lowest BCUT2D eigenvalue weighted by molar-refractivity contribution is -0.146. The van der Waals surface area contributed by atoms with Crippen LogP contribution in [0.4, 0.5) is 0 Å². The van der Waals surface area contributed by atoms with Gasteiger partial charge in [0.25, 0.3) is 0 Å². The van der Waals surface area contributed by atoms with Crippen molar-refractivity contribution in [3.05, 3.63) is 11.8 Å². The highest BCUT2D eigenvalue weighted by Crippen LogP contribution is 2.28. The van der Waals surface area contributed by atoms with Gasteiger partial charge in [-0.15, -0.1) is 0 Å². The van der Waals surface area contributed by atoms with Gasteiger partial charge in [0.2, 0.25) is 0 Å². The van der Waals surface area contributed by atoms with E-state index >= 15 is 0 Å². The van der Waals surface area contributed by atoms with Crippen molar-refractivity contribution in [1.29, 1.82) is 0 Å². The van der Waals surface area contributed by atoms with Crippen molar-refractivity contribution in [2.45, 2.75) is 71.2 Å². The predicted molar refractivity (Wildman–Crippen MR) is 81.5 cm³/mol. The highest BCUT2D eigenvalue weighted by atomic mass is 16.5. The third-order valence-electron chi connectivity index (χ3n) is 4.00. The van der Waals surface area contributed by atoms with Gasteiger partial charge in [-0.1, -0.05) is 13.3 Å². The van der Waals surface area contributed by atoms with Crippen molar-refractivity contribution < 1.29 is 19.4 Å². The van der Waals surface area contributed by atoms with E-state index in [1.807, 2.05) is 19.9 Å². The minimum atomic E-state index is -0.591. The van der Waals surface area contributed by atoms with Gasteiger partial charge in [0.1, 0.15) is 12.3 Å². The van der Waals surface area contributed by atoms with Gasteiger partial charge in [0.15, 0.2) is 0 Å². The number of carbonyl (C=O) groups is 1. The number of rotatable bonds is 6. The van der Waals surface area contributed by atoms with Gasteiger partial charge in [0.05, 0.1) is 18.8 Å². The number of methoxy groups -OCH3 is 1. The van der Waals surface area contributed by atoms with Crippen molar-refractivity contribution in [1.82, 2.24) is 5.32 Å². The number of aliphatic hydroxyl groups excluding tert-OH is 1. The maximum Gasteiger partial charge on any atom is 0.308 e. The highest BCUT2D eigenvalue weighted by Gasteiger charge is 2.34. The third kappa shape index (κ3) is 5.67. The average molecular weight is 299 g/mol. The van der Waals surface area contributed by atoms with Crippen LogP contribution in [-0.4, -0.2) is 36.6 Å². The van der Waals surface area contributed by atoms with Crippen molar-refractivity contribution in [3.8, 4) is 0 Å². The molecule has 0 radical (unpaired) electrons. The number of allylic oxidation sites excluding steroid dienone is 2. The molecule has 5 nitrogen and oxygen atoms in total. The Labute approximate surface area is 127 Å². The number of carbonyl (C=O) groups excluding carboxylic acids is 1. The van der Waals surface area contributed by atoms with Gasteiger partial charge in [-0.05, 0) is 39.2 Å². The SMILES string of the molecule is C/C=C(/CC)OC1CC(C(=O)OC)CCC[C@H]1NC(C)O. The van der Waals surface area contributed by atoms with Crippen molar-refractivity contribution in [2.75, 3.05) is 7.11 Å². The zero-order valence-electron chi connectivity index (χ0n) is 13.6. The van der Waals surface area contributed by atoms with Gasteiger partial charge in [-0.2, -0.15) is 0 Å². The first-order valence-corrected chi connectivity index (χ1v) is 7.85. The average Bonchev–Trinajstić information content (AvgIpc) is 2.66. The summed E-state index contributed by atoms with van der Waals surface area (Å²) in [6.45, 7) is 5.70. The summed E-state index contributed by atoms with van der Waals surface area (Å²) in [4.78, 5) is 11.9. The molecule has 0 spiro atoms. The molecule has 4 atom stereocenters. The first-order valence-electron chi connectivity index (χ1n) is 7.85. The van der Waals surface area contributed by atoms with Crippen molar-refractivity contribution in [2.24, 2.45) is 5.92 Å². The summed E-state index contributed by atoms with van der Waals surface area (Å²) in [5, 5.41) is 12.8. The van der Waals surface area contributed by atoms with Crippen LogP contribution in [0.1, 0.15) is 52.9 Å². The molecule has 0 bridgehead atoms. The minimum absolute atomic E-state index is 0.0427. The number of nitrogens with one attached hydrogen (secondary N) is 1. The molecule has 0 aromatic heterocycles. The second kappa shape index (κ2) is 9.05. The van der Waals surface area contributed by atoms with E-state index in [1.54, 1.807) is 6.92 Å². The summed E-state index contributed by atoms with van der Waals surface area (Å²) >= 11 is 0. The van der Waals surface area contributed by atoms with E-state index in [0.717, 1.165) is 31.4 Å². The topological polar surface area (TPSA) is 67.8 Å². The predicted octanol–water partition coefficient (Wildman–Crippen LogP) is 2.35. The summed E-state index contributed by atoms with van der Waals surface area (Å²) in [6.07, 6.45) is 5.28. The Bertz CT molecular complexity index is 354. The summed E-state index contributed by atoms with van der Waals surface area (Å²) in [6, 6.07) is 0.0427. The van der Waals surface area contributed by atoms with Crippen LogP contribution >= 0.6 is 0 Å². The lowest BCUT2D eigenvalue weighted by atomic mass is 9.98. The number of ether oxygens (including phenoxy) is 2. The lowest BCUT2D eigenvalue weighted by Crippen LogP contribution is -2.45. The fraction of sp³-hybridized carbons (Fsp3) is 0.812. The number of aliphatic hydroxyl groups is 1. The Hall–Kier alpha value is -1.07. The van der Waals surface area contributed by atoms with Gasteiger partial charge in [-0.3, -0.25) is 10.1 Å². The minimum Gasteiger partial charge on any atom is -0.493 e. The van der Waals surface area contributed by atoms with E-state index in [9.17, 15) is 9.90 Å². The van der Waals surface area contributed by atoms with E-state index in [0.29, 0.717) is 6.42 Å². The van der Waals surface area contributed by atoms with E-state index in [1.165, 1.54) is 7.11 Å². The quantitative estimate of drug-likeness (QED) is 0.341. The van der Waals surface area contributed by atoms with Crippen molar-refractivity contribution in [3.63, 3.8) is 0 Å². The Morgan fingerprint density at radius 1 is 1.48 bits per heavy atom. The first-order chi connectivity index (χ1) is 10.0. The smallest absolute Gasteiger partial charge is 0.308 e. The lowest BCUT2D eigenvalue weighted by Gasteiger charge is -2.30. The van der Waals surface area contributed by atoms with Crippen LogP contribution in [0.2, 0.25) is 0 Å². The molecule has 0 amide bonds. The standard InChI is InChI=1S/C16H29NO4/c1-5-13(6-2)21-15-10-12(16(19)20-4)8-7-9-14(15)17-11(3)18/h5,11-12,14-15,17-18H,6-10H2,1-4H3/b13-5-/t11?,12?,14-,15?/m1/s1. The molecule has 21 heavy (non-hydrogen) atoms. The molecule has 1 fully saturated rings. The van der Waals surface area contributed by atoms with Gasteiger partial charge < -0.3 is 14.6 Å². The Balaban J connectivity index is 2.84. The molecule has 1 aliphatic rings. The van der Waals surface area contributed by atoms with E-state index in [4.69, 9.17) is 9.47 Å². The molecule has 0 aromatic rings. The molecule has 1 saturated carbocycles. The summed E-state index contributed by atoms with van der Waals surface area (Å²) < 4.78 is 11.0. The Morgan fingerprint density at radius 3 is 2.71 bits per heavy atom.